The molecule has 0 bridgehead atoms. The minimum absolute atomic E-state index is 0.0450. The summed E-state index contributed by atoms with van der Waals surface area (Å²) in [4.78, 5) is 28.2. The van der Waals surface area contributed by atoms with Crippen LogP contribution in [-0.2, 0) is 9.59 Å². The van der Waals surface area contributed by atoms with E-state index in [1.807, 2.05) is 9.80 Å². The third kappa shape index (κ3) is 2.97. The third-order valence-corrected chi connectivity index (χ3v) is 4.79. The third-order valence-electron chi connectivity index (χ3n) is 4.79. The van der Waals surface area contributed by atoms with E-state index in [9.17, 15) is 14.7 Å². The molecular formula is C15H24N2O3. The molecular weight excluding hydrogens is 256 g/mol. The molecule has 0 aromatic heterocycles. The van der Waals surface area contributed by atoms with Crippen LogP contribution in [0.3, 0.4) is 0 Å². The molecule has 3 rings (SSSR count). The fourth-order valence-corrected chi connectivity index (χ4v) is 3.35. The molecule has 3 fully saturated rings. The molecule has 20 heavy (non-hydrogen) atoms. The summed E-state index contributed by atoms with van der Waals surface area (Å²) in [6.45, 7) is 2.71. The zero-order valence-corrected chi connectivity index (χ0v) is 12.0. The van der Waals surface area contributed by atoms with Crippen LogP contribution in [-0.4, -0.2) is 59.0 Å². The summed E-state index contributed by atoms with van der Waals surface area (Å²) in [5.41, 5.74) is 0. The average molecular weight is 280 g/mol. The summed E-state index contributed by atoms with van der Waals surface area (Å²) in [5.74, 6) is 0.801. The number of likely N-dealkylation sites (tertiary alicyclic amines) is 2. The van der Waals surface area contributed by atoms with Gasteiger partial charge >= 0.3 is 0 Å². The van der Waals surface area contributed by atoms with Gasteiger partial charge in [-0.3, -0.25) is 9.59 Å². The van der Waals surface area contributed by atoms with Crippen LogP contribution in [0.2, 0.25) is 0 Å². The van der Waals surface area contributed by atoms with Crippen molar-refractivity contribution >= 4 is 11.8 Å². The molecule has 2 amide bonds. The number of piperidine rings is 2. The number of hydrogen-bond donors (Lipinski definition) is 1. The zero-order chi connectivity index (χ0) is 14.1. The highest BCUT2D eigenvalue weighted by atomic mass is 16.3. The summed E-state index contributed by atoms with van der Waals surface area (Å²) in [6.07, 6.45) is 4.99. The van der Waals surface area contributed by atoms with Crippen LogP contribution >= 0.6 is 0 Å². The van der Waals surface area contributed by atoms with E-state index in [1.54, 1.807) is 0 Å². The van der Waals surface area contributed by atoms with E-state index in [0.29, 0.717) is 12.5 Å². The predicted octanol–water partition coefficient (Wildman–Crippen LogP) is 0.618. The van der Waals surface area contributed by atoms with Gasteiger partial charge in [0.2, 0.25) is 11.8 Å². The van der Waals surface area contributed by atoms with Crippen molar-refractivity contribution in [3.8, 4) is 0 Å². The first kappa shape index (κ1) is 13.9. The number of nitrogens with zero attached hydrogens (tertiary/aromatic N) is 2. The van der Waals surface area contributed by atoms with Gasteiger partial charge in [-0.1, -0.05) is 0 Å². The lowest BCUT2D eigenvalue weighted by Gasteiger charge is -2.36. The Labute approximate surface area is 119 Å². The van der Waals surface area contributed by atoms with Gasteiger partial charge < -0.3 is 14.9 Å². The molecule has 1 saturated carbocycles. The monoisotopic (exact) mass is 280 g/mol. The van der Waals surface area contributed by atoms with Crippen LogP contribution in [0, 0.1) is 11.8 Å². The molecule has 112 valence electrons. The number of β-amino-alcohol motifs (C(OH)–C–C–N with tert-alkyl or cyclic N) is 1. The first-order chi connectivity index (χ1) is 9.65. The molecule has 1 aliphatic carbocycles. The molecule has 1 atom stereocenters. The number of aliphatic hydroxyl groups excluding tert-OH is 1. The molecule has 0 aromatic rings. The van der Waals surface area contributed by atoms with Gasteiger partial charge in [-0.15, -0.1) is 0 Å². The Balaban J connectivity index is 1.49. The van der Waals surface area contributed by atoms with Crippen LogP contribution in [0.4, 0.5) is 0 Å². The van der Waals surface area contributed by atoms with Gasteiger partial charge in [-0.2, -0.15) is 0 Å². The van der Waals surface area contributed by atoms with Crippen molar-refractivity contribution in [2.45, 2.75) is 44.6 Å². The molecule has 5 nitrogen and oxygen atoms in total. The summed E-state index contributed by atoms with van der Waals surface area (Å²) >= 11 is 0. The van der Waals surface area contributed by atoms with E-state index in [1.165, 1.54) is 0 Å². The van der Waals surface area contributed by atoms with Gasteiger partial charge in [-0.25, -0.2) is 0 Å². The maximum absolute atomic E-state index is 12.4. The van der Waals surface area contributed by atoms with Crippen LogP contribution < -0.4 is 0 Å². The summed E-state index contributed by atoms with van der Waals surface area (Å²) in [6, 6.07) is 0. The van der Waals surface area contributed by atoms with E-state index in [2.05, 4.69) is 0 Å². The van der Waals surface area contributed by atoms with E-state index < -0.39 is 0 Å². The Morgan fingerprint density at radius 2 is 1.40 bits per heavy atom. The van der Waals surface area contributed by atoms with Crippen molar-refractivity contribution in [1.82, 2.24) is 9.80 Å². The molecule has 0 unspecified atom stereocenters. The van der Waals surface area contributed by atoms with Gasteiger partial charge in [0.1, 0.15) is 0 Å². The maximum Gasteiger partial charge on any atom is 0.225 e. The second kappa shape index (κ2) is 5.72. The maximum atomic E-state index is 12.4. The highest BCUT2D eigenvalue weighted by Gasteiger charge is 2.37. The standard InChI is InChI=1S/C15H24N2O3/c18-13-2-1-7-17(10-13)15(20)12-5-8-16(9-6-12)14(19)11-3-4-11/h11-13,18H,1-10H2/t13-/m0/s1. The highest BCUT2D eigenvalue weighted by molar-refractivity contribution is 5.82. The van der Waals surface area contributed by atoms with Crippen LogP contribution in [0.25, 0.3) is 0 Å². The first-order valence-electron chi connectivity index (χ1n) is 7.91. The number of amides is 2. The minimum atomic E-state index is -0.357. The fraction of sp³-hybridized carbons (Fsp3) is 0.867. The lowest BCUT2D eigenvalue weighted by molar-refractivity contribution is -0.143. The minimum Gasteiger partial charge on any atom is -0.391 e. The first-order valence-corrected chi connectivity index (χ1v) is 7.91. The summed E-state index contributed by atoms with van der Waals surface area (Å²) < 4.78 is 0. The van der Waals surface area contributed by atoms with E-state index in [0.717, 1.165) is 58.2 Å². The Kier molecular flexibility index (Phi) is 3.96. The number of carbonyl (C=O) groups is 2. The van der Waals surface area contributed by atoms with Gasteiger partial charge in [0.25, 0.3) is 0 Å². The SMILES string of the molecule is O=C(C1CC1)N1CCC(C(=O)N2CCC[C@H](O)C2)CC1. The quantitative estimate of drug-likeness (QED) is 0.806. The van der Waals surface area contributed by atoms with Crippen molar-refractivity contribution in [2.24, 2.45) is 11.8 Å². The molecule has 5 heteroatoms. The smallest absolute Gasteiger partial charge is 0.225 e. The number of hydrogen-bond acceptors (Lipinski definition) is 3. The van der Waals surface area contributed by atoms with Crippen LogP contribution in [0.15, 0.2) is 0 Å². The van der Waals surface area contributed by atoms with Crippen molar-refractivity contribution < 1.29 is 14.7 Å². The highest BCUT2D eigenvalue weighted by Crippen LogP contribution is 2.32. The Hall–Kier alpha value is -1.10. The second-order valence-corrected chi connectivity index (χ2v) is 6.45. The number of rotatable bonds is 2. The lowest BCUT2D eigenvalue weighted by Crippen LogP contribution is -2.48. The van der Waals surface area contributed by atoms with Crippen LogP contribution in [0.5, 0.6) is 0 Å². The molecule has 3 aliphatic rings. The molecule has 2 heterocycles. The topological polar surface area (TPSA) is 60.9 Å². The van der Waals surface area contributed by atoms with E-state index >= 15 is 0 Å². The largest absolute Gasteiger partial charge is 0.391 e. The van der Waals surface area contributed by atoms with E-state index in [-0.39, 0.29) is 23.8 Å². The van der Waals surface area contributed by atoms with Gasteiger partial charge in [0.15, 0.2) is 0 Å². The Morgan fingerprint density at radius 1 is 0.800 bits per heavy atom. The molecule has 2 aliphatic heterocycles. The Bertz CT molecular complexity index is 387. The average Bonchev–Trinajstić information content (AvgIpc) is 3.30. The fourth-order valence-electron chi connectivity index (χ4n) is 3.35. The number of aliphatic hydroxyl groups is 1. The normalized spacial score (nSPS) is 28.6. The molecule has 0 spiro atoms. The molecule has 0 aromatic carbocycles. The molecule has 1 N–H and O–H groups in total. The lowest BCUT2D eigenvalue weighted by atomic mass is 9.94. The second-order valence-electron chi connectivity index (χ2n) is 6.45. The number of carbonyl (C=O) groups excluding carboxylic acids is 2. The summed E-state index contributed by atoms with van der Waals surface area (Å²) in [5, 5.41) is 9.66. The van der Waals surface area contributed by atoms with Crippen molar-refractivity contribution in [3.63, 3.8) is 0 Å². The van der Waals surface area contributed by atoms with E-state index in [4.69, 9.17) is 0 Å². The van der Waals surface area contributed by atoms with Gasteiger partial charge in [-0.05, 0) is 38.5 Å². The molecule has 0 radical (unpaired) electrons. The van der Waals surface area contributed by atoms with Crippen molar-refractivity contribution in [1.29, 1.82) is 0 Å². The van der Waals surface area contributed by atoms with Gasteiger partial charge in [0, 0.05) is 38.0 Å². The Morgan fingerprint density at radius 3 is 2.00 bits per heavy atom. The zero-order valence-electron chi connectivity index (χ0n) is 12.0. The molecule has 2 saturated heterocycles. The van der Waals surface area contributed by atoms with Crippen molar-refractivity contribution in [3.05, 3.63) is 0 Å². The summed E-state index contributed by atoms with van der Waals surface area (Å²) in [7, 11) is 0. The van der Waals surface area contributed by atoms with Gasteiger partial charge in [0.05, 0.1) is 6.10 Å². The predicted molar refractivity (Wildman–Crippen MR) is 73.8 cm³/mol. The van der Waals surface area contributed by atoms with Crippen LogP contribution in [0.1, 0.15) is 38.5 Å². The van der Waals surface area contributed by atoms with Crippen molar-refractivity contribution in [2.75, 3.05) is 26.2 Å².